The maximum absolute atomic E-state index is 13.3. The molecule has 2 N–H and O–H groups in total. The molecule has 1 aliphatic carbocycles. The molecule has 1 fully saturated rings. The van der Waals surface area contributed by atoms with Gasteiger partial charge in [0, 0.05) is 0 Å². The van der Waals surface area contributed by atoms with Crippen LogP contribution in [0.1, 0.15) is 19.3 Å². The molecular weight excluding hydrogens is 257 g/mol. The molecule has 100 valence electrons. The number of hydrogen-bond acceptors (Lipinski definition) is 2. The summed E-state index contributed by atoms with van der Waals surface area (Å²) in [5.74, 6) is -10.0. The number of halogens is 5. The monoisotopic (exact) mass is 267 g/mol. The van der Waals surface area contributed by atoms with E-state index in [0.29, 0.717) is 19.3 Å². The molecule has 1 aromatic rings. The van der Waals surface area contributed by atoms with E-state index in [-0.39, 0.29) is 0 Å². The van der Waals surface area contributed by atoms with Crippen LogP contribution in [0.4, 0.5) is 27.6 Å². The fourth-order valence-electron chi connectivity index (χ4n) is 2.03. The van der Waals surface area contributed by atoms with Gasteiger partial charge >= 0.3 is 0 Å². The Morgan fingerprint density at radius 3 is 1.78 bits per heavy atom. The molecular formula is C11H10F5NO. The predicted octanol–water partition coefficient (Wildman–Crippen LogP) is 2.71. The van der Waals surface area contributed by atoms with E-state index in [1.807, 2.05) is 0 Å². The highest BCUT2D eigenvalue weighted by Crippen LogP contribution is 2.30. The van der Waals surface area contributed by atoms with Crippen LogP contribution in [0.5, 0.6) is 0 Å². The van der Waals surface area contributed by atoms with Crippen molar-refractivity contribution in [3.63, 3.8) is 0 Å². The lowest BCUT2D eigenvalue weighted by Gasteiger charge is -2.19. The first-order chi connectivity index (χ1) is 8.43. The third-order valence-corrected chi connectivity index (χ3v) is 3.02. The molecule has 0 saturated heterocycles. The lowest BCUT2D eigenvalue weighted by molar-refractivity contribution is 0.171. The molecule has 0 spiro atoms. The predicted molar refractivity (Wildman–Crippen MR) is 53.5 cm³/mol. The van der Waals surface area contributed by atoms with E-state index < -0.39 is 46.9 Å². The molecule has 1 aliphatic rings. The van der Waals surface area contributed by atoms with Gasteiger partial charge < -0.3 is 10.4 Å². The Morgan fingerprint density at radius 2 is 1.33 bits per heavy atom. The summed E-state index contributed by atoms with van der Waals surface area (Å²) in [5, 5.41) is 11.6. The zero-order chi connectivity index (χ0) is 13.4. The zero-order valence-electron chi connectivity index (χ0n) is 9.11. The summed E-state index contributed by atoms with van der Waals surface area (Å²) in [6.07, 6.45) is 0.585. The zero-order valence-corrected chi connectivity index (χ0v) is 9.11. The van der Waals surface area contributed by atoms with Crippen molar-refractivity contribution >= 4 is 5.69 Å². The van der Waals surface area contributed by atoms with Gasteiger partial charge in [-0.25, -0.2) is 22.0 Å². The van der Waals surface area contributed by atoms with Crippen molar-refractivity contribution in [2.24, 2.45) is 0 Å². The molecule has 0 aromatic heterocycles. The van der Waals surface area contributed by atoms with Gasteiger partial charge in [-0.05, 0) is 19.3 Å². The highest BCUT2D eigenvalue weighted by Gasteiger charge is 2.31. The summed E-state index contributed by atoms with van der Waals surface area (Å²) in [4.78, 5) is 0. The normalized spacial score (nSPS) is 23.4. The van der Waals surface area contributed by atoms with E-state index in [1.165, 1.54) is 0 Å². The molecule has 0 unspecified atom stereocenters. The van der Waals surface area contributed by atoms with E-state index >= 15 is 0 Å². The Labute approximate surface area is 99.4 Å². The van der Waals surface area contributed by atoms with Gasteiger partial charge in [-0.2, -0.15) is 0 Å². The molecule has 0 bridgehead atoms. The highest BCUT2D eigenvalue weighted by atomic mass is 19.2. The number of anilines is 1. The van der Waals surface area contributed by atoms with Gasteiger partial charge in [0.25, 0.3) is 0 Å². The van der Waals surface area contributed by atoms with E-state index in [0.717, 1.165) is 0 Å². The second-order valence-electron chi connectivity index (χ2n) is 4.19. The van der Waals surface area contributed by atoms with Crippen LogP contribution in [0.15, 0.2) is 0 Å². The second kappa shape index (κ2) is 4.72. The van der Waals surface area contributed by atoms with E-state index in [2.05, 4.69) is 5.32 Å². The van der Waals surface area contributed by atoms with Gasteiger partial charge in [0.1, 0.15) is 5.69 Å². The Bertz CT molecular complexity index is 450. The minimum Gasteiger partial charge on any atom is -0.391 e. The molecule has 2 atom stereocenters. The maximum atomic E-state index is 13.3. The van der Waals surface area contributed by atoms with E-state index in [9.17, 15) is 27.1 Å². The van der Waals surface area contributed by atoms with Gasteiger partial charge in [-0.3, -0.25) is 0 Å². The first kappa shape index (κ1) is 13.1. The summed E-state index contributed by atoms with van der Waals surface area (Å²) >= 11 is 0. The number of nitrogens with one attached hydrogen (secondary N) is 1. The van der Waals surface area contributed by atoms with Crippen LogP contribution in [0.3, 0.4) is 0 Å². The van der Waals surface area contributed by atoms with Crippen LogP contribution >= 0.6 is 0 Å². The van der Waals surface area contributed by atoms with Crippen molar-refractivity contribution in [1.29, 1.82) is 0 Å². The summed E-state index contributed by atoms with van der Waals surface area (Å²) in [6, 6.07) is -0.710. The van der Waals surface area contributed by atoms with Crippen LogP contribution in [0.25, 0.3) is 0 Å². The Morgan fingerprint density at radius 1 is 0.833 bits per heavy atom. The topological polar surface area (TPSA) is 32.3 Å². The Balaban J connectivity index is 2.38. The van der Waals surface area contributed by atoms with Crippen LogP contribution in [0.2, 0.25) is 0 Å². The first-order valence-electron chi connectivity index (χ1n) is 5.39. The third-order valence-electron chi connectivity index (χ3n) is 3.02. The van der Waals surface area contributed by atoms with Gasteiger partial charge in [0.15, 0.2) is 23.3 Å². The molecule has 2 nitrogen and oxygen atoms in total. The second-order valence-corrected chi connectivity index (χ2v) is 4.19. The van der Waals surface area contributed by atoms with Gasteiger partial charge in [0.2, 0.25) is 5.82 Å². The summed E-state index contributed by atoms with van der Waals surface area (Å²) in [5.41, 5.74) is -1.09. The summed E-state index contributed by atoms with van der Waals surface area (Å²) in [6.45, 7) is 0. The molecule has 0 amide bonds. The lowest BCUT2D eigenvalue weighted by atomic mass is 10.2. The SMILES string of the molecule is O[C@@H]1CCC[C@H]1Nc1c(F)c(F)c(F)c(F)c1F. The molecule has 1 saturated carbocycles. The van der Waals surface area contributed by atoms with Crippen LogP contribution in [0, 0.1) is 29.1 Å². The Kier molecular flexibility index (Phi) is 3.43. The minimum atomic E-state index is -2.19. The largest absolute Gasteiger partial charge is 0.391 e. The Hall–Kier alpha value is -1.37. The smallest absolute Gasteiger partial charge is 0.200 e. The fraction of sp³-hybridized carbons (Fsp3) is 0.455. The molecule has 2 rings (SSSR count). The van der Waals surface area contributed by atoms with Gasteiger partial charge in [-0.1, -0.05) is 0 Å². The molecule has 18 heavy (non-hydrogen) atoms. The van der Waals surface area contributed by atoms with Gasteiger partial charge in [0.05, 0.1) is 12.1 Å². The molecule has 7 heteroatoms. The molecule has 0 heterocycles. The molecule has 0 radical (unpaired) electrons. The minimum absolute atomic E-state index is 0.403. The number of aliphatic hydroxyl groups excluding tert-OH is 1. The standard InChI is InChI=1S/C11H10F5NO/c12-6-7(13)9(15)11(10(16)8(6)14)17-4-2-1-3-5(4)18/h4-5,17-18H,1-3H2/t4-,5-/m1/s1. The summed E-state index contributed by atoms with van der Waals surface area (Å²) < 4.78 is 65.2. The number of aliphatic hydroxyl groups is 1. The maximum Gasteiger partial charge on any atom is 0.200 e. The average molecular weight is 267 g/mol. The highest BCUT2D eigenvalue weighted by molar-refractivity contribution is 5.48. The van der Waals surface area contributed by atoms with Crippen molar-refractivity contribution in [3.8, 4) is 0 Å². The lowest BCUT2D eigenvalue weighted by Crippen LogP contribution is -2.29. The van der Waals surface area contributed by atoms with Crippen molar-refractivity contribution in [1.82, 2.24) is 0 Å². The van der Waals surface area contributed by atoms with E-state index in [1.54, 1.807) is 0 Å². The van der Waals surface area contributed by atoms with Crippen LogP contribution in [-0.4, -0.2) is 17.3 Å². The third kappa shape index (κ3) is 2.03. The molecule has 0 aliphatic heterocycles. The van der Waals surface area contributed by atoms with Crippen molar-refractivity contribution in [2.75, 3.05) is 5.32 Å². The van der Waals surface area contributed by atoms with E-state index in [4.69, 9.17) is 0 Å². The first-order valence-corrected chi connectivity index (χ1v) is 5.39. The van der Waals surface area contributed by atoms with Crippen LogP contribution in [-0.2, 0) is 0 Å². The average Bonchev–Trinajstić information content (AvgIpc) is 2.75. The quantitative estimate of drug-likeness (QED) is 0.490. The molecule has 1 aromatic carbocycles. The fourth-order valence-corrected chi connectivity index (χ4v) is 2.03. The van der Waals surface area contributed by atoms with Crippen molar-refractivity contribution < 1.29 is 27.1 Å². The van der Waals surface area contributed by atoms with Crippen LogP contribution < -0.4 is 5.32 Å². The van der Waals surface area contributed by atoms with Gasteiger partial charge in [-0.15, -0.1) is 0 Å². The summed E-state index contributed by atoms with van der Waals surface area (Å²) in [7, 11) is 0. The number of rotatable bonds is 2. The van der Waals surface area contributed by atoms with Crippen molar-refractivity contribution in [3.05, 3.63) is 29.1 Å². The number of benzene rings is 1. The number of hydrogen-bond donors (Lipinski definition) is 2. The van der Waals surface area contributed by atoms with Crippen molar-refractivity contribution in [2.45, 2.75) is 31.4 Å².